The Balaban J connectivity index is 1.77. The Morgan fingerprint density at radius 2 is 2.33 bits per heavy atom. The van der Waals surface area contributed by atoms with Crippen LogP contribution in [0.4, 0.5) is 4.20 Å². The minimum absolute atomic E-state index is 0.149. The van der Waals surface area contributed by atoms with Crippen LogP contribution in [0.3, 0.4) is 0 Å². The van der Waals surface area contributed by atoms with Gasteiger partial charge in [0.15, 0.2) is 5.78 Å². The van der Waals surface area contributed by atoms with Crippen LogP contribution in [0.5, 0.6) is 0 Å². The number of amides is 1. The van der Waals surface area contributed by atoms with Gasteiger partial charge in [0.25, 0.3) is 0 Å². The van der Waals surface area contributed by atoms with Crippen LogP contribution in [-0.4, -0.2) is 46.5 Å². The fourth-order valence-corrected chi connectivity index (χ4v) is 3.10. The predicted molar refractivity (Wildman–Crippen MR) is 70.8 cm³/mol. The van der Waals surface area contributed by atoms with E-state index in [4.69, 9.17) is 14.4 Å². The van der Waals surface area contributed by atoms with Gasteiger partial charge in [-0.2, -0.15) is 4.20 Å². The second-order valence-corrected chi connectivity index (χ2v) is 7.60. The van der Waals surface area contributed by atoms with Crippen LogP contribution >= 0.6 is 6.80 Å². The minimum Gasteiger partial charge on any atom is -0.472 e. The number of nitrogens with zero attached hydrogens (tertiary/aromatic N) is 1. The van der Waals surface area contributed by atoms with Crippen LogP contribution in [0.2, 0.25) is 0 Å². The first-order valence-electron chi connectivity index (χ1n) is 6.34. The second-order valence-electron chi connectivity index (χ2n) is 5.08. The van der Waals surface area contributed by atoms with E-state index in [0.29, 0.717) is 6.42 Å². The molecular weight excluding hydrogens is 324 g/mol. The standard InChI is InChI=1S/C11H13FNO6PS/c1-5-6(14)2-9-13(11(5)15)10-3-7(18-9)8(19-10)4-17-20(12,16)21/h2,5,7-8,10H,3-4H2,1H3,(H,16,21)/t5?,7-,8-,10-,20?/m1/s1. The third kappa shape index (κ3) is 2.76. The molecule has 3 rings (SSSR count). The SMILES string of the molecule is CC1C(=O)C=C2O[C@@H]3C[C@@H](O[C@@H]3COP(O)(F)=S)N2C1=O. The number of ether oxygens (including phenoxy) is 2. The van der Waals surface area contributed by atoms with Gasteiger partial charge in [0.05, 0.1) is 12.5 Å². The van der Waals surface area contributed by atoms with E-state index >= 15 is 0 Å². The Hall–Kier alpha value is -0.860. The summed E-state index contributed by atoms with van der Waals surface area (Å²) in [7, 11) is 0. The van der Waals surface area contributed by atoms with Crippen molar-refractivity contribution < 1.29 is 32.7 Å². The number of hydrogen-bond donors (Lipinski definition) is 1. The quantitative estimate of drug-likeness (QED) is 0.596. The summed E-state index contributed by atoms with van der Waals surface area (Å²) >= 11 is 4.15. The maximum absolute atomic E-state index is 12.9. The van der Waals surface area contributed by atoms with E-state index in [1.165, 1.54) is 17.9 Å². The van der Waals surface area contributed by atoms with E-state index in [0.717, 1.165) is 0 Å². The van der Waals surface area contributed by atoms with Gasteiger partial charge in [-0.1, -0.05) is 0 Å². The molecule has 116 valence electrons. The zero-order valence-electron chi connectivity index (χ0n) is 11.0. The molecule has 0 radical (unpaired) electrons. The van der Waals surface area contributed by atoms with E-state index in [9.17, 15) is 13.8 Å². The topological polar surface area (TPSA) is 85.3 Å². The van der Waals surface area contributed by atoms with Crippen molar-refractivity contribution in [2.45, 2.75) is 31.8 Å². The van der Waals surface area contributed by atoms with Crippen LogP contribution in [-0.2, 0) is 35.4 Å². The average molecular weight is 337 g/mol. The lowest BCUT2D eigenvalue weighted by atomic mass is 9.99. The summed E-state index contributed by atoms with van der Waals surface area (Å²) in [6, 6.07) is 0. The molecule has 1 N–H and O–H groups in total. The van der Waals surface area contributed by atoms with Gasteiger partial charge in [-0.3, -0.25) is 14.5 Å². The van der Waals surface area contributed by atoms with Crippen LogP contribution in [0.15, 0.2) is 12.0 Å². The van der Waals surface area contributed by atoms with E-state index < -0.39 is 31.2 Å². The molecule has 1 amide bonds. The van der Waals surface area contributed by atoms with Gasteiger partial charge in [0.2, 0.25) is 11.8 Å². The van der Waals surface area contributed by atoms with Crippen molar-refractivity contribution in [3.05, 3.63) is 12.0 Å². The Kier molecular flexibility index (Phi) is 3.66. The number of allylic oxidation sites excluding steroid dienone is 1. The normalized spacial score (nSPS) is 37.7. The van der Waals surface area contributed by atoms with Crippen molar-refractivity contribution in [2.24, 2.45) is 5.92 Å². The Bertz CT molecular complexity index is 577. The van der Waals surface area contributed by atoms with E-state index in [-0.39, 0.29) is 24.2 Å². The Labute approximate surface area is 124 Å². The van der Waals surface area contributed by atoms with Gasteiger partial charge in [0, 0.05) is 12.5 Å². The summed E-state index contributed by atoms with van der Waals surface area (Å²) in [6.45, 7) is -3.03. The van der Waals surface area contributed by atoms with Crippen LogP contribution < -0.4 is 0 Å². The molecule has 10 heteroatoms. The molecule has 2 unspecified atom stereocenters. The first kappa shape index (κ1) is 15.1. The lowest BCUT2D eigenvalue weighted by Crippen LogP contribution is -2.50. The predicted octanol–water partition coefficient (Wildman–Crippen LogP) is 0.592. The third-order valence-corrected chi connectivity index (χ3v) is 4.46. The summed E-state index contributed by atoms with van der Waals surface area (Å²) in [5.74, 6) is -1.34. The molecule has 3 aliphatic heterocycles. The molecule has 2 fully saturated rings. The van der Waals surface area contributed by atoms with E-state index in [2.05, 4.69) is 16.3 Å². The Morgan fingerprint density at radius 3 is 3.00 bits per heavy atom. The summed E-state index contributed by atoms with van der Waals surface area (Å²) in [5, 5.41) is 0. The van der Waals surface area contributed by atoms with Gasteiger partial charge in [-0.15, -0.1) is 0 Å². The van der Waals surface area contributed by atoms with E-state index in [1.807, 2.05) is 0 Å². The van der Waals surface area contributed by atoms with Gasteiger partial charge < -0.3 is 18.9 Å². The van der Waals surface area contributed by atoms with Gasteiger partial charge in [-0.05, 0) is 18.7 Å². The molecule has 0 aromatic rings. The average Bonchev–Trinajstić information content (AvgIpc) is 2.70. The fraction of sp³-hybridized carbons (Fsp3) is 0.636. The largest absolute Gasteiger partial charge is 0.472 e. The molecule has 7 nitrogen and oxygen atoms in total. The van der Waals surface area contributed by atoms with Crippen molar-refractivity contribution in [3.63, 3.8) is 0 Å². The fourth-order valence-electron chi connectivity index (χ4n) is 2.58. The number of rotatable bonds is 3. The van der Waals surface area contributed by atoms with Crippen molar-refractivity contribution >= 4 is 30.3 Å². The number of fused-ring (bicyclic) bond motifs is 4. The molecule has 5 atom stereocenters. The van der Waals surface area contributed by atoms with Crippen molar-refractivity contribution in [3.8, 4) is 0 Å². The van der Waals surface area contributed by atoms with Crippen LogP contribution in [0.25, 0.3) is 0 Å². The molecule has 0 aliphatic carbocycles. The highest BCUT2D eigenvalue weighted by Gasteiger charge is 2.51. The number of hydrogen-bond acceptors (Lipinski definition) is 6. The first-order chi connectivity index (χ1) is 9.76. The number of ketones is 1. The molecule has 3 heterocycles. The van der Waals surface area contributed by atoms with Crippen LogP contribution in [0, 0.1) is 5.92 Å². The minimum atomic E-state index is -4.27. The highest BCUT2D eigenvalue weighted by molar-refractivity contribution is 8.06. The zero-order valence-corrected chi connectivity index (χ0v) is 12.7. The number of carbonyl (C=O) groups excluding carboxylic acids is 2. The Morgan fingerprint density at radius 1 is 1.62 bits per heavy atom. The monoisotopic (exact) mass is 337 g/mol. The molecule has 0 spiro atoms. The van der Waals surface area contributed by atoms with Gasteiger partial charge in [-0.25, -0.2) is 0 Å². The van der Waals surface area contributed by atoms with E-state index in [1.54, 1.807) is 0 Å². The van der Waals surface area contributed by atoms with Crippen LogP contribution in [0.1, 0.15) is 13.3 Å². The van der Waals surface area contributed by atoms with Crippen molar-refractivity contribution in [1.29, 1.82) is 0 Å². The summed E-state index contributed by atoms with van der Waals surface area (Å²) in [6.07, 6.45) is -0.0667. The summed E-state index contributed by atoms with van der Waals surface area (Å²) in [5.41, 5.74) is 0. The maximum Gasteiger partial charge on any atom is 0.363 e. The molecule has 2 bridgehead atoms. The molecule has 21 heavy (non-hydrogen) atoms. The number of carbonyl (C=O) groups is 2. The molecular formula is C11H13FNO6PS. The van der Waals surface area contributed by atoms with Gasteiger partial charge in [0.1, 0.15) is 18.4 Å². The zero-order chi connectivity index (χ0) is 15.4. The smallest absolute Gasteiger partial charge is 0.363 e. The first-order valence-corrected chi connectivity index (χ1v) is 8.90. The molecule has 0 saturated carbocycles. The molecule has 0 aromatic heterocycles. The highest BCUT2D eigenvalue weighted by atomic mass is 32.5. The summed E-state index contributed by atoms with van der Waals surface area (Å²) in [4.78, 5) is 34.0. The number of halogens is 1. The molecule has 0 aromatic carbocycles. The maximum atomic E-state index is 12.9. The summed E-state index contributed by atoms with van der Waals surface area (Å²) < 4.78 is 28.6. The third-order valence-electron chi connectivity index (χ3n) is 3.68. The van der Waals surface area contributed by atoms with Crippen molar-refractivity contribution in [1.82, 2.24) is 4.90 Å². The lowest BCUT2D eigenvalue weighted by Gasteiger charge is -2.37. The second kappa shape index (κ2) is 5.10. The molecule has 3 aliphatic rings. The lowest BCUT2D eigenvalue weighted by molar-refractivity contribution is -0.154. The van der Waals surface area contributed by atoms with Gasteiger partial charge >= 0.3 is 6.80 Å². The molecule has 2 saturated heterocycles. The van der Waals surface area contributed by atoms with Crippen molar-refractivity contribution in [2.75, 3.05) is 6.61 Å². The highest BCUT2D eigenvalue weighted by Crippen LogP contribution is 2.45.